The van der Waals surface area contributed by atoms with E-state index in [0.29, 0.717) is 43.1 Å². The van der Waals surface area contributed by atoms with Crippen LogP contribution in [0.2, 0.25) is 0 Å². The van der Waals surface area contributed by atoms with E-state index in [4.69, 9.17) is 4.74 Å². The number of likely N-dealkylation sites (tertiary alicyclic amines) is 1. The first kappa shape index (κ1) is 41.5. The summed E-state index contributed by atoms with van der Waals surface area (Å²) in [7, 11) is 6.35. The van der Waals surface area contributed by atoms with Gasteiger partial charge in [-0.2, -0.15) is 0 Å². The van der Waals surface area contributed by atoms with E-state index >= 15 is 4.79 Å². The van der Waals surface area contributed by atoms with Gasteiger partial charge in [0.05, 0.1) is 12.6 Å². The number of benzene rings is 2. The molecule has 11 heteroatoms. The summed E-state index contributed by atoms with van der Waals surface area (Å²) < 4.78 is 6.05. The number of hydrogen-bond acceptors (Lipinski definition) is 9. The van der Waals surface area contributed by atoms with Gasteiger partial charge in [-0.25, -0.2) is 4.79 Å². The SMILES string of the molecule is CN(C)CCCC[C@H](C(=O)N1CCN(C(=O)Oc2cccc3c2CCNC3)C[C@H]1C(=O)CCc1cccs1)N(C)C1CCC2(CC1)CCN(Cc1ccccc1)C2. The number of fused-ring (bicyclic) bond motifs is 1. The normalized spacial score (nSPS) is 23.2. The minimum Gasteiger partial charge on any atom is -0.410 e. The summed E-state index contributed by atoms with van der Waals surface area (Å²) in [6.07, 6.45) is 9.77. The molecule has 0 unspecified atom stereocenters. The van der Waals surface area contributed by atoms with Crippen LogP contribution in [-0.2, 0) is 35.5 Å². The molecule has 2 atom stereocenters. The lowest BCUT2D eigenvalue weighted by molar-refractivity contribution is -0.148. The van der Waals surface area contributed by atoms with Gasteiger partial charge in [-0.15, -0.1) is 11.3 Å². The van der Waals surface area contributed by atoms with Crippen molar-refractivity contribution in [3.8, 4) is 5.75 Å². The topological polar surface area (TPSA) is 88.7 Å². The molecule has 7 rings (SSSR count). The lowest BCUT2D eigenvalue weighted by Gasteiger charge is -2.46. The van der Waals surface area contributed by atoms with Crippen molar-refractivity contribution in [2.45, 2.75) is 102 Å². The van der Waals surface area contributed by atoms with Gasteiger partial charge in [0.2, 0.25) is 5.91 Å². The molecule has 3 fully saturated rings. The minimum absolute atomic E-state index is 0.00678. The number of unbranched alkanes of at least 4 members (excludes halogenated alkanes) is 1. The van der Waals surface area contributed by atoms with E-state index in [9.17, 15) is 9.59 Å². The fourth-order valence-corrected chi connectivity index (χ4v) is 10.6. The van der Waals surface area contributed by atoms with Gasteiger partial charge in [-0.05, 0) is 133 Å². The number of nitrogens with one attached hydrogen (secondary N) is 1. The maximum atomic E-state index is 15.0. The second kappa shape index (κ2) is 19.4. The van der Waals surface area contributed by atoms with Crippen molar-refractivity contribution < 1.29 is 19.1 Å². The Kier molecular flexibility index (Phi) is 14.2. The highest BCUT2D eigenvalue weighted by Crippen LogP contribution is 2.45. The molecule has 1 N–H and O–H groups in total. The smallest absolute Gasteiger partial charge is 0.410 e. The number of rotatable bonds is 15. The first-order valence-electron chi connectivity index (χ1n) is 21.4. The van der Waals surface area contributed by atoms with E-state index in [0.717, 1.165) is 93.8 Å². The number of ether oxygens (including phenoxy) is 1. The molecule has 3 aliphatic heterocycles. The molecule has 1 spiro atoms. The molecule has 2 aromatic carbocycles. The Morgan fingerprint density at radius 1 is 0.947 bits per heavy atom. The average Bonchev–Trinajstić information content (AvgIpc) is 3.90. The predicted octanol–water partition coefficient (Wildman–Crippen LogP) is 6.47. The van der Waals surface area contributed by atoms with Gasteiger partial charge < -0.3 is 24.8 Å². The molecular weight excluding hydrogens is 733 g/mol. The van der Waals surface area contributed by atoms with Crippen LogP contribution in [0, 0.1) is 5.41 Å². The number of likely N-dealkylation sites (N-methyl/N-ethyl adjacent to an activating group) is 1. The van der Waals surface area contributed by atoms with Gasteiger partial charge in [0.1, 0.15) is 11.8 Å². The predicted molar refractivity (Wildman–Crippen MR) is 228 cm³/mol. The van der Waals surface area contributed by atoms with Crippen molar-refractivity contribution in [1.29, 1.82) is 0 Å². The van der Waals surface area contributed by atoms with Gasteiger partial charge >= 0.3 is 6.09 Å². The zero-order chi connectivity index (χ0) is 39.8. The summed E-state index contributed by atoms with van der Waals surface area (Å²) in [5.41, 5.74) is 3.95. The van der Waals surface area contributed by atoms with Crippen LogP contribution in [0.3, 0.4) is 0 Å². The van der Waals surface area contributed by atoms with E-state index in [1.54, 1.807) is 16.2 Å². The molecule has 0 radical (unpaired) electrons. The molecular formula is C46H64N6O4S. The standard InChI is InChI=1S/C46H64N6O4S/c1-48(2)26-8-7-15-40(49(3)37-19-22-46(23-20-37)24-27-50(34-46)32-35-11-5-4-6-12-35)44(54)52-29-28-51(33-41(52)42(53)18-17-38-14-10-30-57-38)45(55)56-43-16-9-13-36-31-47-25-21-39(36)43/h4-6,9-14,16,30,37,40-41,47H,7-8,15,17-29,31-34H2,1-3H3/t37?,40-,41+,46?/m1/s1. The average molecular weight is 797 g/mol. The molecule has 1 aromatic heterocycles. The van der Waals surface area contributed by atoms with Gasteiger partial charge in [-0.1, -0.05) is 55.0 Å². The molecule has 57 heavy (non-hydrogen) atoms. The summed E-state index contributed by atoms with van der Waals surface area (Å²) >= 11 is 1.65. The van der Waals surface area contributed by atoms with Crippen LogP contribution in [-0.4, -0.2) is 127 Å². The van der Waals surface area contributed by atoms with Crippen molar-refractivity contribution >= 4 is 29.1 Å². The van der Waals surface area contributed by atoms with Crippen LogP contribution in [0.4, 0.5) is 4.79 Å². The molecule has 4 aliphatic rings. The second-order valence-corrected chi connectivity index (χ2v) is 18.4. The monoisotopic (exact) mass is 796 g/mol. The third-order valence-corrected chi connectivity index (χ3v) is 14.2. The van der Waals surface area contributed by atoms with Crippen LogP contribution in [0.25, 0.3) is 0 Å². The highest BCUT2D eigenvalue weighted by molar-refractivity contribution is 7.09. The van der Waals surface area contributed by atoms with E-state index in [1.807, 2.05) is 28.5 Å². The van der Waals surface area contributed by atoms with Crippen molar-refractivity contribution in [3.05, 3.63) is 87.6 Å². The lowest BCUT2D eigenvalue weighted by Crippen LogP contribution is -2.63. The fourth-order valence-electron chi connectivity index (χ4n) is 9.85. The summed E-state index contributed by atoms with van der Waals surface area (Å²) in [4.78, 5) is 54.9. The van der Waals surface area contributed by atoms with E-state index in [-0.39, 0.29) is 24.3 Å². The molecule has 0 bridgehead atoms. The first-order valence-corrected chi connectivity index (χ1v) is 22.3. The van der Waals surface area contributed by atoms with Crippen LogP contribution in [0.15, 0.2) is 66.0 Å². The first-order chi connectivity index (χ1) is 27.7. The number of aryl methyl sites for hydroxylation is 1. The van der Waals surface area contributed by atoms with Gasteiger partial charge in [0.25, 0.3) is 0 Å². The van der Waals surface area contributed by atoms with E-state index in [1.165, 1.54) is 24.8 Å². The maximum Gasteiger partial charge on any atom is 0.415 e. The number of thiophene rings is 1. The van der Waals surface area contributed by atoms with Crippen LogP contribution in [0.5, 0.6) is 5.75 Å². The van der Waals surface area contributed by atoms with Crippen molar-refractivity contribution in [2.75, 3.05) is 67.0 Å². The molecule has 1 aliphatic carbocycles. The summed E-state index contributed by atoms with van der Waals surface area (Å²) in [6, 6.07) is 20.0. The van der Waals surface area contributed by atoms with E-state index in [2.05, 4.69) is 83.6 Å². The number of carbonyl (C=O) groups excluding carboxylic acids is 3. The highest BCUT2D eigenvalue weighted by Gasteiger charge is 2.45. The maximum absolute atomic E-state index is 15.0. The summed E-state index contributed by atoms with van der Waals surface area (Å²) in [5.74, 6) is 0.630. The number of ketones is 1. The summed E-state index contributed by atoms with van der Waals surface area (Å²) in [6.45, 7) is 6.66. The molecule has 2 amide bonds. The van der Waals surface area contributed by atoms with Crippen molar-refractivity contribution in [1.82, 2.24) is 29.8 Å². The third-order valence-electron chi connectivity index (χ3n) is 13.3. The minimum atomic E-state index is -0.714. The number of amides is 2. The molecule has 1 saturated carbocycles. The Morgan fingerprint density at radius 2 is 1.77 bits per heavy atom. The molecule has 2 saturated heterocycles. The zero-order valence-corrected chi connectivity index (χ0v) is 35.3. The van der Waals surface area contributed by atoms with Crippen molar-refractivity contribution in [2.24, 2.45) is 5.41 Å². The Morgan fingerprint density at radius 3 is 2.54 bits per heavy atom. The van der Waals surface area contributed by atoms with Crippen LogP contribution >= 0.6 is 11.3 Å². The van der Waals surface area contributed by atoms with Gasteiger partial charge in [0, 0.05) is 55.6 Å². The number of piperazine rings is 1. The Bertz CT molecular complexity index is 1780. The number of nitrogens with zero attached hydrogens (tertiary/aromatic N) is 5. The quantitative estimate of drug-likeness (QED) is 0.175. The summed E-state index contributed by atoms with van der Waals surface area (Å²) in [5, 5.41) is 5.42. The molecule has 308 valence electrons. The Labute approximate surface area is 344 Å². The highest BCUT2D eigenvalue weighted by atomic mass is 32.1. The number of hydrogen-bond donors (Lipinski definition) is 1. The third kappa shape index (κ3) is 10.5. The van der Waals surface area contributed by atoms with Crippen LogP contribution in [0.1, 0.15) is 79.4 Å². The molecule has 4 heterocycles. The molecule has 10 nitrogen and oxygen atoms in total. The van der Waals surface area contributed by atoms with E-state index < -0.39 is 12.1 Å². The second-order valence-electron chi connectivity index (χ2n) is 17.4. The number of carbonyl (C=O) groups is 3. The fraction of sp³-hybridized carbons (Fsp3) is 0.587. The van der Waals surface area contributed by atoms with Gasteiger partial charge in [0.15, 0.2) is 5.78 Å². The number of Topliss-reactive ketones (excluding diaryl/α,β-unsaturated/α-hetero) is 1. The zero-order valence-electron chi connectivity index (χ0n) is 34.5. The largest absolute Gasteiger partial charge is 0.415 e. The Hall–Kier alpha value is -3.61. The molecule has 3 aromatic rings. The van der Waals surface area contributed by atoms with Crippen LogP contribution < -0.4 is 10.1 Å². The van der Waals surface area contributed by atoms with Crippen molar-refractivity contribution in [3.63, 3.8) is 0 Å². The lowest BCUT2D eigenvalue weighted by atomic mass is 9.71. The van der Waals surface area contributed by atoms with Gasteiger partial charge in [-0.3, -0.25) is 19.4 Å². The Balaban J connectivity index is 1.04.